The SMILES string of the molecule is CC(=O)N[C@H](C(=O)N1C[C@H](O)[C@H](F)[C@H]1C(=O)Nc1ccc(-c2scnc2C)cc1)C(C)(C)C. The molecular formula is C23H29FN4O4S. The molecule has 2 heterocycles. The lowest BCUT2D eigenvalue weighted by Gasteiger charge is -2.35. The Labute approximate surface area is 196 Å². The van der Waals surface area contributed by atoms with Crippen molar-refractivity contribution in [3.05, 3.63) is 35.5 Å². The number of aromatic nitrogens is 1. The van der Waals surface area contributed by atoms with Gasteiger partial charge >= 0.3 is 0 Å². The molecule has 2 aromatic rings. The van der Waals surface area contributed by atoms with Crippen molar-refractivity contribution in [2.24, 2.45) is 5.41 Å². The zero-order chi connectivity index (χ0) is 24.5. The third kappa shape index (κ3) is 5.39. The normalized spacial score (nSPS) is 21.5. The highest BCUT2D eigenvalue weighted by Crippen LogP contribution is 2.30. The Balaban J connectivity index is 1.80. The Hall–Kier alpha value is -2.85. The van der Waals surface area contributed by atoms with Crippen LogP contribution in [-0.2, 0) is 14.4 Å². The van der Waals surface area contributed by atoms with Gasteiger partial charge in [-0.3, -0.25) is 14.4 Å². The summed E-state index contributed by atoms with van der Waals surface area (Å²) >= 11 is 1.51. The fraction of sp³-hybridized carbons (Fsp3) is 0.478. The largest absolute Gasteiger partial charge is 0.388 e. The maximum atomic E-state index is 14.9. The van der Waals surface area contributed by atoms with Crippen molar-refractivity contribution in [2.75, 3.05) is 11.9 Å². The van der Waals surface area contributed by atoms with Crippen LogP contribution in [-0.4, -0.2) is 63.6 Å². The molecule has 0 saturated carbocycles. The van der Waals surface area contributed by atoms with Gasteiger partial charge in [-0.05, 0) is 30.0 Å². The monoisotopic (exact) mass is 476 g/mol. The van der Waals surface area contributed by atoms with Gasteiger partial charge in [-0.15, -0.1) is 11.3 Å². The predicted molar refractivity (Wildman–Crippen MR) is 124 cm³/mol. The summed E-state index contributed by atoms with van der Waals surface area (Å²) in [6, 6.07) is 4.52. The molecule has 0 radical (unpaired) electrons. The number of β-amino-alcohol motifs (C(OH)–C–C–N with tert-alkyl or cyclic N) is 1. The number of hydrogen-bond donors (Lipinski definition) is 3. The van der Waals surface area contributed by atoms with Gasteiger partial charge in [0.15, 0.2) is 6.17 Å². The van der Waals surface area contributed by atoms with Gasteiger partial charge in [-0.25, -0.2) is 9.37 Å². The molecule has 0 spiro atoms. The summed E-state index contributed by atoms with van der Waals surface area (Å²) in [5.74, 6) is -1.78. The van der Waals surface area contributed by atoms with Crippen LogP contribution in [0.5, 0.6) is 0 Å². The number of rotatable bonds is 5. The summed E-state index contributed by atoms with van der Waals surface area (Å²) in [4.78, 5) is 44.1. The molecule has 10 heteroatoms. The smallest absolute Gasteiger partial charge is 0.250 e. The van der Waals surface area contributed by atoms with Gasteiger partial charge in [0, 0.05) is 12.6 Å². The standard InChI is InChI=1S/C23H29FN4O4S/c1-12-19(33-11-25-12)14-6-8-15(9-7-14)27-21(31)18-17(24)16(30)10-28(18)22(32)20(23(3,4)5)26-13(2)29/h6-9,11,16-18,20,30H,10H2,1-5H3,(H,26,29)(H,27,31)/t16-,17-,18-,20+/m0/s1. The zero-order valence-electron chi connectivity index (χ0n) is 19.3. The van der Waals surface area contributed by atoms with E-state index < -0.39 is 47.5 Å². The molecule has 3 rings (SSSR count). The average Bonchev–Trinajstić information content (AvgIpc) is 3.28. The van der Waals surface area contributed by atoms with E-state index in [0.29, 0.717) is 5.69 Å². The van der Waals surface area contributed by atoms with Gasteiger partial charge in [0.1, 0.15) is 18.2 Å². The van der Waals surface area contributed by atoms with E-state index in [1.165, 1.54) is 18.3 Å². The van der Waals surface area contributed by atoms with Crippen LogP contribution in [0.2, 0.25) is 0 Å². The molecule has 1 aliphatic rings. The molecule has 1 aromatic carbocycles. The Morgan fingerprint density at radius 3 is 2.39 bits per heavy atom. The summed E-state index contributed by atoms with van der Waals surface area (Å²) in [6.07, 6.45) is -3.45. The van der Waals surface area contributed by atoms with Crippen molar-refractivity contribution in [3.63, 3.8) is 0 Å². The minimum atomic E-state index is -1.95. The second kappa shape index (κ2) is 9.56. The van der Waals surface area contributed by atoms with Crippen LogP contribution in [0.3, 0.4) is 0 Å². The quantitative estimate of drug-likeness (QED) is 0.614. The number of alkyl halides is 1. The molecule has 1 fully saturated rings. The van der Waals surface area contributed by atoms with E-state index in [2.05, 4.69) is 15.6 Å². The summed E-state index contributed by atoms with van der Waals surface area (Å²) < 4.78 is 14.9. The van der Waals surface area contributed by atoms with Crippen LogP contribution in [0, 0.1) is 12.3 Å². The number of halogens is 1. The van der Waals surface area contributed by atoms with Gasteiger partial charge in [-0.1, -0.05) is 32.9 Å². The number of benzene rings is 1. The van der Waals surface area contributed by atoms with Crippen LogP contribution in [0.15, 0.2) is 29.8 Å². The molecule has 1 aliphatic heterocycles. The predicted octanol–water partition coefficient (Wildman–Crippen LogP) is 2.52. The fourth-order valence-corrected chi connectivity index (χ4v) is 4.64. The summed E-state index contributed by atoms with van der Waals surface area (Å²) in [7, 11) is 0. The number of nitrogens with one attached hydrogen (secondary N) is 2. The Morgan fingerprint density at radius 2 is 1.88 bits per heavy atom. The van der Waals surface area contributed by atoms with Gasteiger partial charge in [0.2, 0.25) is 17.7 Å². The molecular weight excluding hydrogens is 447 g/mol. The molecule has 0 unspecified atom stereocenters. The van der Waals surface area contributed by atoms with E-state index in [1.807, 2.05) is 19.1 Å². The molecule has 0 bridgehead atoms. The van der Waals surface area contributed by atoms with Crippen molar-refractivity contribution in [1.82, 2.24) is 15.2 Å². The van der Waals surface area contributed by atoms with Crippen molar-refractivity contribution >= 4 is 34.7 Å². The number of aryl methyl sites for hydroxylation is 1. The highest BCUT2D eigenvalue weighted by atomic mass is 32.1. The molecule has 178 valence electrons. The summed E-state index contributed by atoms with van der Waals surface area (Å²) in [5, 5.41) is 15.3. The van der Waals surface area contributed by atoms with Crippen LogP contribution < -0.4 is 10.6 Å². The number of carbonyl (C=O) groups is 3. The minimum Gasteiger partial charge on any atom is -0.388 e. The number of carbonyl (C=O) groups excluding carboxylic acids is 3. The highest BCUT2D eigenvalue weighted by Gasteiger charge is 2.50. The third-order valence-corrected chi connectivity index (χ3v) is 6.54. The lowest BCUT2D eigenvalue weighted by molar-refractivity contribution is -0.143. The fourth-order valence-electron chi connectivity index (χ4n) is 3.83. The lowest BCUT2D eigenvalue weighted by atomic mass is 9.85. The topological polar surface area (TPSA) is 112 Å². The number of likely N-dealkylation sites (tertiary alicyclic amines) is 1. The number of amides is 3. The number of nitrogens with zero attached hydrogens (tertiary/aromatic N) is 2. The molecule has 33 heavy (non-hydrogen) atoms. The van der Waals surface area contributed by atoms with E-state index in [4.69, 9.17) is 0 Å². The van der Waals surface area contributed by atoms with E-state index in [1.54, 1.807) is 38.4 Å². The maximum Gasteiger partial charge on any atom is 0.250 e. The molecule has 8 nitrogen and oxygen atoms in total. The molecule has 4 atom stereocenters. The van der Waals surface area contributed by atoms with Crippen molar-refractivity contribution in [2.45, 2.75) is 59.0 Å². The van der Waals surface area contributed by atoms with E-state index >= 15 is 0 Å². The maximum absolute atomic E-state index is 14.9. The first-order valence-electron chi connectivity index (χ1n) is 10.6. The second-order valence-corrected chi connectivity index (χ2v) is 10.1. The van der Waals surface area contributed by atoms with E-state index in [-0.39, 0.29) is 6.54 Å². The third-order valence-electron chi connectivity index (χ3n) is 5.56. The van der Waals surface area contributed by atoms with E-state index in [9.17, 15) is 23.9 Å². The Morgan fingerprint density at radius 1 is 1.24 bits per heavy atom. The first-order chi connectivity index (χ1) is 15.4. The van der Waals surface area contributed by atoms with Crippen molar-refractivity contribution < 1.29 is 23.9 Å². The number of anilines is 1. The van der Waals surface area contributed by atoms with Crippen LogP contribution >= 0.6 is 11.3 Å². The highest BCUT2D eigenvalue weighted by molar-refractivity contribution is 7.13. The Kier molecular flexibility index (Phi) is 7.18. The lowest BCUT2D eigenvalue weighted by Crippen LogP contribution is -2.57. The number of aliphatic hydroxyl groups is 1. The average molecular weight is 477 g/mol. The van der Waals surface area contributed by atoms with Crippen molar-refractivity contribution in [1.29, 1.82) is 0 Å². The van der Waals surface area contributed by atoms with Gasteiger partial charge in [0.05, 0.1) is 22.6 Å². The molecule has 3 N–H and O–H groups in total. The van der Waals surface area contributed by atoms with Gasteiger partial charge < -0.3 is 20.6 Å². The van der Waals surface area contributed by atoms with Gasteiger partial charge in [0.25, 0.3) is 0 Å². The van der Waals surface area contributed by atoms with Crippen LogP contribution in [0.1, 0.15) is 33.4 Å². The number of hydrogen-bond acceptors (Lipinski definition) is 6. The first kappa shape index (κ1) is 24.8. The van der Waals surface area contributed by atoms with Crippen molar-refractivity contribution in [3.8, 4) is 10.4 Å². The zero-order valence-corrected chi connectivity index (χ0v) is 20.1. The molecule has 3 amide bonds. The molecule has 1 aromatic heterocycles. The number of aliphatic hydroxyl groups excluding tert-OH is 1. The first-order valence-corrected chi connectivity index (χ1v) is 11.5. The van der Waals surface area contributed by atoms with Gasteiger partial charge in [-0.2, -0.15) is 0 Å². The summed E-state index contributed by atoms with van der Waals surface area (Å²) in [5.41, 5.74) is 3.34. The van der Waals surface area contributed by atoms with E-state index in [0.717, 1.165) is 21.0 Å². The second-order valence-electron chi connectivity index (χ2n) is 9.28. The molecule has 1 saturated heterocycles. The summed E-state index contributed by atoms with van der Waals surface area (Å²) in [6.45, 7) is 8.12. The minimum absolute atomic E-state index is 0.339. The molecule has 0 aliphatic carbocycles. The van der Waals surface area contributed by atoms with Crippen LogP contribution in [0.25, 0.3) is 10.4 Å². The Bertz CT molecular complexity index is 1030. The number of thiazole rings is 1. The van der Waals surface area contributed by atoms with Crippen LogP contribution in [0.4, 0.5) is 10.1 Å².